The molecule has 1 atom stereocenters. The number of benzene rings is 1. The SMILES string of the molecule is O=C(NC[C@H]1CCCO1)c1ccc(Cl)c(S(=O)(=O)N2CCOCC2)c1. The minimum atomic E-state index is -3.76. The number of hydrogen-bond acceptors (Lipinski definition) is 5. The molecule has 2 aliphatic heterocycles. The molecule has 138 valence electrons. The number of amides is 1. The second-order valence-electron chi connectivity index (χ2n) is 6.01. The van der Waals surface area contributed by atoms with Gasteiger partial charge in [0, 0.05) is 31.8 Å². The first kappa shape index (κ1) is 18.6. The van der Waals surface area contributed by atoms with E-state index in [0.717, 1.165) is 12.8 Å². The van der Waals surface area contributed by atoms with Crippen LogP contribution in [0.15, 0.2) is 23.1 Å². The summed E-state index contributed by atoms with van der Waals surface area (Å²) in [7, 11) is -3.76. The number of nitrogens with zero attached hydrogens (tertiary/aromatic N) is 1. The molecule has 2 heterocycles. The third-order valence-corrected chi connectivity index (χ3v) is 6.68. The largest absolute Gasteiger partial charge is 0.379 e. The molecule has 1 N–H and O–H groups in total. The van der Waals surface area contributed by atoms with Gasteiger partial charge in [0.15, 0.2) is 0 Å². The van der Waals surface area contributed by atoms with Gasteiger partial charge >= 0.3 is 0 Å². The highest BCUT2D eigenvalue weighted by molar-refractivity contribution is 7.89. The van der Waals surface area contributed by atoms with Crippen molar-refractivity contribution in [2.45, 2.75) is 23.8 Å². The van der Waals surface area contributed by atoms with Gasteiger partial charge in [-0.05, 0) is 31.0 Å². The van der Waals surface area contributed by atoms with Gasteiger partial charge < -0.3 is 14.8 Å². The maximum absolute atomic E-state index is 12.8. The second-order valence-corrected chi connectivity index (χ2v) is 8.32. The third-order valence-electron chi connectivity index (χ3n) is 4.30. The van der Waals surface area contributed by atoms with E-state index in [4.69, 9.17) is 21.1 Å². The van der Waals surface area contributed by atoms with Gasteiger partial charge in [0.2, 0.25) is 10.0 Å². The first-order valence-electron chi connectivity index (χ1n) is 8.26. The molecule has 2 saturated heterocycles. The van der Waals surface area contributed by atoms with Gasteiger partial charge in [-0.1, -0.05) is 11.6 Å². The monoisotopic (exact) mass is 388 g/mol. The Hall–Kier alpha value is -1.19. The Kier molecular flexibility index (Phi) is 5.96. The van der Waals surface area contributed by atoms with Crippen molar-refractivity contribution in [1.82, 2.24) is 9.62 Å². The van der Waals surface area contributed by atoms with Crippen molar-refractivity contribution < 1.29 is 22.7 Å². The molecular weight excluding hydrogens is 368 g/mol. The Morgan fingerprint density at radius 3 is 2.72 bits per heavy atom. The molecule has 2 aliphatic rings. The average molecular weight is 389 g/mol. The van der Waals surface area contributed by atoms with Crippen molar-refractivity contribution in [2.24, 2.45) is 0 Å². The number of nitrogens with one attached hydrogen (secondary N) is 1. The van der Waals surface area contributed by atoms with Crippen molar-refractivity contribution in [1.29, 1.82) is 0 Å². The van der Waals surface area contributed by atoms with Crippen LogP contribution in [0.4, 0.5) is 0 Å². The van der Waals surface area contributed by atoms with Crippen LogP contribution in [0.5, 0.6) is 0 Å². The summed E-state index contributed by atoms with van der Waals surface area (Å²) in [4.78, 5) is 12.3. The highest BCUT2D eigenvalue weighted by atomic mass is 35.5. The molecule has 7 nitrogen and oxygen atoms in total. The quantitative estimate of drug-likeness (QED) is 0.821. The molecule has 0 saturated carbocycles. The molecule has 0 bridgehead atoms. The third kappa shape index (κ3) is 4.32. The summed E-state index contributed by atoms with van der Waals surface area (Å²) in [6.07, 6.45) is 1.92. The Morgan fingerprint density at radius 2 is 2.04 bits per heavy atom. The second kappa shape index (κ2) is 8.01. The van der Waals surface area contributed by atoms with E-state index in [9.17, 15) is 13.2 Å². The zero-order valence-corrected chi connectivity index (χ0v) is 15.3. The number of carbonyl (C=O) groups is 1. The van der Waals surface area contributed by atoms with Crippen LogP contribution in [0, 0.1) is 0 Å². The molecule has 2 fully saturated rings. The summed E-state index contributed by atoms with van der Waals surface area (Å²) in [6, 6.07) is 4.29. The van der Waals surface area contributed by atoms with Gasteiger partial charge in [0.25, 0.3) is 5.91 Å². The van der Waals surface area contributed by atoms with Crippen LogP contribution >= 0.6 is 11.6 Å². The highest BCUT2D eigenvalue weighted by Gasteiger charge is 2.29. The zero-order valence-electron chi connectivity index (χ0n) is 13.7. The lowest BCUT2D eigenvalue weighted by atomic mass is 10.2. The topological polar surface area (TPSA) is 84.9 Å². The molecular formula is C16H21ClN2O5S. The number of carbonyl (C=O) groups excluding carboxylic acids is 1. The van der Waals surface area contributed by atoms with Crippen molar-refractivity contribution in [3.05, 3.63) is 28.8 Å². The van der Waals surface area contributed by atoms with Crippen LogP contribution in [0.1, 0.15) is 23.2 Å². The normalized spacial score (nSPS) is 22.0. The molecule has 9 heteroatoms. The van der Waals surface area contributed by atoms with E-state index < -0.39 is 10.0 Å². The highest BCUT2D eigenvalue weighted by Crippen LogP contribution is 2.26. The Balaban J connectivity index is 1.76. The summed E-state index contributed by atoms with van der Waals surface area (Å²) < 4.78 is 37.5. The maximum atomic E-state index is 12.8. The number of sulfonamides is 1. The molecule has 1 aromatic carbocycles. The molecule has 1 amide bonds. The predicted octanol–water partition coefficient (Wildman–Crippen LogP) is 1.27. The predicted molar refractivity (Wildman–Crippen MR) is 92.3 cm³/mol. The molecule has 0 spiro atoms. The lowest BCUT2D eigenvalue weighted by molar-refractivity contribution is 0.0730. The van der Waals surface area contributed by atoms with Gasteiger partial charge in [0.05, 0.1) is 24.3 Å². The van der Waals surface area contributed by atoms with Gasteiger partial charge in [-0.15, -0.1) is 0 Å². The lowest BCUT2D eigenvalue weighted by Crippen LogP contribution is -2.40. The van der Waals surface area contributed by atoms with E-state index in [2.05, 4.69) is 5.32 Å². The van der Waals surface area contributed by atoms with Crippen LogP contribution < -0.4 is 5.32 Å². The Labute approximate surface area is 152 Å². The average Bonchev–Trinajstić information content (AvgIpc) is 3.14. The molecule has 0 aromatic heterocycles. The van der Waals surface area contributed by atoms with Crippen LogP contribution in [0.3, 0.4) is 0 Å². The molecule has 0 radical (unpaired) electrons. The number of ether oxygens (including phenoxy) is 2. The van der Waals surface area contributed by atoms with E-state index in [0.29, 0.717) is 26.4 Å². The first-order valence-corrected chi connectivity index (χ1v) is 10.1. The van der Waals surface area contributed by atoms with Crippen molar-refractivity contribution >= 4 is 27.5 Å². The van der Waals surface area contributed by atoms with Crippen LogP contribution in [-0.2, 0) is 19.5 Å². The van der Waals surface area contributed by atoms with E-state index >= 15 is 0 Å². The van der Waals surface area contributed by atoms with Crippen molar-refractivity contribution in [3.8, 4) is 0 Å². The fourth-order valence-electron chi connectivity index (χ4n) is 2.88. The van der Waals surface area contributed by atoms with E-state index in [1.165, 1.54) is 22.5 Å². The lowest BCUT2D eigenvalue weighted by Gasteiger charge is -2.26. The summed E-state index contributed by atoms with van der Waals surface area (Å²) in [5.41, 5.74) is 0.259. The van der Waals surface area contributed by atoms with Crippen LogP contribution in [0.25, 0.3) is 0 Å². The standard InChI is InChI=1S/C16H21ClN2O5S/c17-14-4-3-12(16(20)18-11-13-2-1-7-24-13)10-15(14)25(21,22)19-5-8-23-9-6-19/h3-4,10,13H,1-2,5-9,11H2,(H,18,20)/t13-/m1/s1. The Bertz CT molecular complexity index is 728. The molecule has 1 aromatic rings. The number of halogens is 1. The molecule has 0 aliphatic carbocycles. The smallest absolute Gasteiger partial charge is 0.251 e. The van der Waals surface area contributed by atoms with Gasteiger partial charge in [-0.25, -0.2) is 8.42 Å². The summed E-state index contributed by atoms with van der Waals surface area (Å²) in [6.45, 7) is 2.36. The minimum absolute atomic E-state index is 0.0211. The zero-order chi connectivity index (χ0) is 17.9. The van der Waals surface area contributed by atoms with Crippen molar-refractivity contribution in [3.63, 3.8) is 0 Å². The van der Waals surface area contributed by atoms with E-state index in [1.54, 1.807) is 0 Å². The van der Waals surface area contributed by atoms with E-state index in [1.807, 2.05) is 0 Å². The fourth-order valence-corrected chi connectivity index (χ4v) is 4.79. The molecule has 25 heavy (non-hydrogen) atoms. The van der Waals surface area contributed by atoms with E-state index in [-0.39, 0.29) is 40.6 Å². The maximum Gasteiger partial charge on any atom is 0.251 e. The fraction of sp³-hybridized carbons (Fsp3) is 0.562. The number of rotatable bonds is 5. The molecule has 0 unspecified atom stereocenters. The number of morpholine rings is 1. The number of hydrogen-bond donors (Lipinski definition) is 1. The van der Waals surface area contributed by atoms with Crippen molar-refractivity contribution in [2.75, 3.05) is 39.5 Å². The molecule has 3 rings (SSSR count). The summed E-state index contributed by atoms with van der Waals surface area (Å²) in [5, 5.41) is 2.88. The van der Waals surface area contributed by atoms with Gasteiger partial charge in [0.1, 0.15) is 4.90 Å². The van der Waals surface area contributed by atoms with Gasteiger partial charge in [-0.2, -0.15) is 4.31 Å². The minimum Gasteiger partial charge on any atom is -0.379 e. The first-order chi connectivity index (χ1) is 12.0. The van der Waals surface area contributed by atoms with Gasteiger partial charge in [-0.3, -0.25) is 4.79 Å². The van der Waals surface area contributed by atoms with Crippen LogP contribution in [-0.4, -0.2) is 64.2 Å². The summed E-state index contributed by atoms with van der Waals surface area (Å²) >= 11 is 6.10. The Morgan fingerprint density at radius 1 is 1.28 bits per heavy atom. The van der Waals surface area contributed by atoms with Crippen LogP contribution in [0.2, 0.25) is 5.02 Å². The summed E-state index contributed by atoms with van der Waals surface area (Å²) in [5.74, 6) is -0.342.